The van der Waals surface area contributed by atoms with Crippen LogP contribution in [-0.4, -0.2) is 63.0 Å². The number of morpholine rings is 1. The molecule has 142 valence electrons. The van der Waals surface area contributed by atoms with Crippen molar-refractivity contribution >= 4 is 20.7 Å². The van der Waals surface area contributed by atoms with E-state index in [0.717, 1.165) is 32.8 Å². The van der Waals surface area contributed by atoms with Crippen molar-refractivity contribution in [3.05, 3.63) is 48.5 Å². The van der Waals surface area contributed by atoms with E-state index in [-0.39, 0.29) is 9.92 Å². The minimum Gasteiger partial charge on any atom is -0.492 e. The number of fused-ring (bicyclic) bond motifs is 1. The van der Waals surface area contributed by atoms with Crippen molar-refractivity contribution in [1.82, 2.24) is 15.1 Å². The van der Waals surface area contributed by atoms with Crippen molar-refractivity contribution in [3.8, 4) is 5.75 Å². The first-order valence-corrected chi connectivity index (χ1v) is 10.3. The van der Waals surface area contributed by atoms with E-state index in [0.29, 0.717) is 23.3 Å². The maximum absolute atomic E-state index is 12.9. The predicted molar refractivity (Wildman–Crippen MR) is 101 cm³/mol. The molecule has 0 aliphatic carbocycles. The van der Waals surface area contributed by atoms with Crippen molar-refractivity contribution in [2.75, 3.05) is 39.5 Å². The molecule has 3 aromatic rings. The van der Waals surface area contributed by atoms with Crippen molar-refractivity contribution < 1.29 is 17.9 Å². The van der Waals surface area contributed by atoms with Crippen LogP contribution >= 0.6 is 0 Å². The van der Waals surface area contributed by atoms with E-state index in [2.05, 4.69) is 15.1 Å². The van der Waals surface area contributed by atoms with Crippen LogP contribution in [0.15, 0.2) is 58.5 Å². The van der Waals surface area contributed by atoms with Gasteiger partial charge in [0.25, 0.3) is 0 Å². The predicted octanol–water partition coefficient (Wildman–Crippen LogP) is 2.11. The Morgan fingerprint density at radius 3 is 2.67 bits per heavy atom. The summed E-state index contributed by atoms with van der Waals surface area (Å²) in [5.74, 6) is 0.627. The number of hydrogen-bond acceptors (Lipinski definition) is 6. The van der Waals surface area contributed by atoms with Crippen LogP contribution in [0.2, 0.25) is 0 Å². The third kappa shape index (κ3) is 3.83. The second-order valence-electron chi connectivity index (χ2n) is 6.36. The van der Waals surface area contributed by atoms with Gasteiger partial charge in [0.2, 0.25) is 9.84 Å². The minimum atomic E-state index is -3.70. The van der Waals surface area contributed by atoms with E-state index >= 15 is 0 Å². The van der Waals surface area contributed by atoms with Crippen molar-refractivity contribution in [3.63, 3.8) is 0 Å². The summed E-state index contributed by atoms with van der Waals surface area (Å²) in [4.78, 5) is 2.50. The Bertz CT molecular complexity index is 1010. The summed E-state index contributed by atoms with van der Waals surface area (Å²) in [5, 5.41) is 7.39. The first kappa shape index (κ1) is 18.0. The Labute approximate surface area is 157 Å². The highest BCUT2D eigenvalue weighted by Gasteiger charge is 2.23. The Kier molecular flexibility index (Phi) is 5.11. The fourth-order valence-corrected chi connectivity index (χ4v) is 4.46. The number of benzene rings is 2. The molecule has 0 amide bonds. The number of H-pyrrole nitrogens is 1. The number of nitrogens with one attached hydrogen (secondary N) is 1. The topological polar surface area (TPSA) is 84.5 Å². The van der Waals surface area contributed by atoms with Gasteiger partial charge in [0, 0.05) is 25.0 Å². The molecule has 8 heteroatoms. The molecule has 1 fully saturated rings. The molecule has 1 N–H and O–H groups in total. The number of hydrogen-bond donors (Lipinski definition) is 1. The van der Waals surface area contributed by atoms with Gasteiger partial charge >= 0.3 is 0 Å². The van der Waals surface area contributed by atoms with Crippen molar-refractivity contribution in [1.29, 1.82) is 0 Å². The van der Waals surface area contributed by atoms with Gasteiger partial charge in [0.15, 0.2) is 5.03 Å². The van der Waals surface area contributed by atoms with Crippen LogP contribution in [0.1, 0.15) is 0 Å². The molecule has 0 bridgehead atoms. The molecule has 0 spiro atoms. The van der Waals surface area contributed by atoms with E-state index in [1.807, 2.05) is 6.07 Å². The second kappa shape index (κ2) is 7.67. The normalized spacial score (nSPS) is 15.9. The average molecular weight is 387 g/mol. The molecular formula is C19H21N3O4S. The van der Waals surface area contributed by atoms with Crippen molar-refractivity contribution in [2.45, 2.75) is 9.92 Å². The lowest BCUT2D eigenvalue weighted by Gasteiger charge is -2.26. The molecule has 0 radical (unpaired) electrons. The SMILES string of the molecule is O=S(=O)(c1ccccc1)c1n[nH]c2ccc(OCCN3CCOCC3)cc12. The summed E-state index contributed by atoms with van der Waals surface area (Å²) in [5.41, 5.74) is 0.657. The van der Waals surface area contributed by atoms with Gasteiger partial charge in [-0.2, -0.15) is 5.10 Å². The molecule has 0 saturated carbocycles. The van der Waals surface area contributed by atoms with Gasteiger partial charge in [0.05, 0.1) is 23.6 Å². The van der Waals surface area contributed by atoms with Gasteiger partial charge in [-0.25, -0.2) is 8.42 Å². The van der Waals surface area contributed by atoms with Crippen LogP contribution in [0.5, 0.6) is 5.75 Å². The largest absolute Gasteiger partial charge is 0.492 e. The fraction of sp³-hybridized carbons (Fsp3) is 0.316. The second-order valence-corrected chi connectivity index (χ2v) is 8.22. The summed E-state index contributed by atoms with van der Waals surface area (Å²) in [7, 11) is -3.70. The average Bonchev–Trinajstić information content (AvgIpc) is 3.14. The van der Waals surface area contributed by atoms with Crippen LogP contribution in [0.3, 0.4) is 0 Å². The molecule has 27 heavy (non-hydrogen) atoms. The lowest BCUT2D eigenvalue weighted by molar-refractivity contribution is 0.0322. The van der Waals surface area contributed by atoms with Gasteiger partial charge in [-0.15, -0.1) is 0 Å². The molecule has 2 heterocycles. The van der Waals surface area contributed by atoms with Crippen LogP contribution in [0.25, 0.3) is 10.9 Å². The molecule has 1 aliphatic heterocycles. The molecule has 0 unspecified atom stereocenters. The molecule has 7 nitrogen and oxygen atoms in total. The number of sulfone groups is 1. The molecule has 1 saturated heterocycles. The quantitative estimate of drug-likeness (QED) is 0.697. The number of ether oxygens (including phenoxy) is 2. The van der Waals surface area contributed by atoms with Gasteiger partial charge in [-0.1, -0.05) is 18.2 Å². The summed E-state index contributed by atoms with van der Waals surface area (Å²) in [6.45, 7) is 4.66. The zero-order valence-electron chi connectivity index (χ0n) is 14.8. The summed E-state index contributed by atoms with van der Waals surface area (Å²) < 4.78 is 37.0. The molecule has 1 aliphatic rings. The first-order valence-electron chi connectivity index (χ1n) is 8.86. The maximum Gasteiger partial charge on any atom is 0.226 e. The van der Waals surface area contributed by atoms with E-state index in [4.69, 9.17) is 9.47 Å². The zero-order valence-corrected chi connectivity index (χ0v) is 15.6. The van der Waals surface area contributed by atoms with Crippen LogP contribution in [0.4, 0.5) is 0 Å². The van der Waals surface area contributed by atoms with E-state index in [1.54, 1.807) is 42.5 Å². The molecule has 2 aromatic carbocycles. The Morgan fingerprint density at radius 1 is 1.11 bits per heavy atom. The number of rotatable bonds is 6. The third-order valence-corrected chi connectivity index (χ3v) is 6.30. The molecular weight excluding hydrogens is 366 g/mol. The Balaban J connectivity index is 1.54. The molecule has 0 atom stereocenters. The Hall–Kier alpha value is -2.42. The standard InChI is InChI=1S/C19H21N3O4S/c23-27(24,16-4-2-1-3-5-16)19-17-14-15(6-7-18(17)20-21-19)26-13-10-22-8-11-25-12-9-22/h1-7,14H,8-13H2,(H,20,21). The highest BCUT2D eigenvalue weighted by Crippen LogP contribution is 2.28. The zero-order chi connectivity index (χ0) is 18.7. The summed E-state index contributed by atoms with van der Waals surface area (Å²) >= 11 is 0. The fourth-order valence-electron chi connectivity index (χ4n) is 3.09. The highest BCUT2D eigenvalue weighted by molar-refractivity contribution is 7.91. The number of aromatic amines is 1. The van der Waals surface area contributed by atoms with E-state index < -0.39 is 9.84 Å². The van der Waals surface area contributed by atoms with E-state index in [1.165, 1.54) is 0 Å². The van der Waals surface area contributed by atoms with Gasteiger partial charge in [-0.05, 0) is 30.3 Å². The summed E-state index contributed by atoms with van der Waals surface area (Å²) in [6, 6.07) is 13.6. The van der Waals surface area contributed by atoms with Crippen molar-refractivity contribution in [2.24, 2.45) is 0 Å². The van der Waals surface area contributed by atoms with Gasteiger partial charge in [-0.3, -0.25) is 10.00 Å². The van der Waals surface area contributed by atoms with E-state index in [9.17, 15) is 8.42 Å². The van der Waals surface area contributed by atoms with Gasteiger partial charge < -0.3 is 9.47 Å². The number of aromatic nitrogens is 2. The monoisotopic (exact) mass is 387 g/mol. The smallest absolute Gasteiger partial charge is 0.226 e. The number of nitrogens with zero attached hydrogens (tertiary/aromatic N) is 2. The molecule has 1 aromatic heterocycles. The minimum absolute atomic E-state index is 0.0160. The first-order chi connectivity index (χ1) is 13.1. The van der Waals surface area contributed by atoms with Crippen LogP contribution in [-0.2, 0) is 14.6 Å². The highest BCUT2D eigenvalue weighted by atomic mass is 32.2. The Morgan fingerprint density at radius 2 is 1.89 bits per heavy atom. The van der Waals surface area contributed by atoms with Crippen LogP contribution < -0.4 is 4.74 Å². The third-order valence-electron chi connectivity index (χ3n) is 4.59. The maximum atomic E-state index is 12.9. The summed E-state index contributed by atoms with van der Waals surface area (Å²) in [6.07, 6.45) is 0. The van der Waals surface area contributed by atoms with Gasteiger partial charge in [0.1, 0.15) is 12.4 Å². The lowest BCUT2D eigenvalue weighted by Crippen LogP contribution is -2.38. The molecule has 4 rings (SSSR count). The lowest BCUT2D eigenvalue weighted by atomic mass is 10.2. The van der Waals surface area contributed by atoms with Crippen LogP contribution in [0, 0.1) is 0 Å².